The SMILES string of the molecule is COc1cc2c3c(ccc2c(-c2ccc(-c4ccccc4)cc2)c1OC)-c1ccc(CO)c(OC)c1CN3C. The molecule has 1 aliphatic rings. The Morgan fingerprint density at radius 3 is 2.03 bits per heavy atom. The molecule has 5 nitrogen and oxygen atoms in total. The van der Waals surface area contributed by atoms with Gasteiger partial charge in [-0.2, -0.15) is 0 Å². The number of hydrogen-bond acceptors (Lipinski definition) is 5. The Morgan fingerprint density at radius 1 is 0.692 bits per heavy atom. The van der Waals surface area contributed by atoms with Crippen LogP contribution in [0.1, 0.15) is 11.1 Å². The highest BCUT2D eigenvalue weighted by Crippen LogP contribution is 2.51. The number of methoxy groups -OCH3 is 3. The van der Waals surface area contributed by atoms with E-state index in [4.69, 9.17) is 14.2 Å². The number of hydrogen-bond donors (Lipinski definition) is 1. The summed E-state index contributed by atoms with van der Waals surface area (Å²) in [6.07, 6.45) is 0. The monoisotopic (exact) mass is 517 g/mol. The fourth-order valence-electron chi connectivity index (χ4n) is 5.92. The Morgan fingerprint density at radius 2 is 1.36 bits per heavy atom. The zero-order valence-electron chi connectivity index (χ0n) is 22.6. The van der Waals surface area contributed by atoms with Crippen LogP contribution in [0.2, 0.25) is 0 Å². The highest BCUT2D eigenvalue weighted by molar-refractivity contribution is 6.11. The molecule has 5 heteroatoms. The first-order valence-corrected chi connectivity index (χ1v) is 13.0. The molecule has 196 valence electrons. The molecule has 5 aromatic rings. The van der Waals surface area contributed by atoms with Gasteiger partial charge in [0.15, 0.2) is 11.5 Å². The molecule has 0 unspecified atom stereocenters. The summed E-state index contributed by atoms with van der Waals surface area (Å²) in [4.78, 5) is 2.25. The van der Waals surface area contributed by atoms with E-state index >= 15 is 0 Å². The minimum absolute atomic E-state index is 0.0613. The average molecular weight is 518 g/mol. The highest BCUT2D eigenvalue weighted by atomic mass is 16.5. The van der Waals surface area contributed by atoms with E-state index in [9.17, 15) is 5.11 Å². The van der Waals surface area contributed by atoms with Gasteiger partial charge in [-0.25, -0.2) is 0 Å². The second-order valence-corrected chi connectivity index (χ2v) is 9.79. The summed E-state index contributed by atoms with van der Waals surface area (Å²) in [6, 6.07) is 29.5. The third-order valence-corrected chi connectivity index (χ3v) is 7.70. The number of aliphatic hydroxyl groups excluding tert-OH is 1. The fourth-order valence-corrected chi connectivity index (χ4v) is 5.92. The third kappa shape index (κ3) is 3.98. The van der Waals surface area contributed by atoms with Crippen LogP contribution in [0.25, 0.3) is 44.2 Å². The van der Waals surface area contributed by atoms with Crippen molar-refractivity contribution in [1.82, 2.24) is 0 Å². The van der Waals surface area contributed by atoms with Crippen molar-refractivity contribution in [2.45, 2.75) is 13.2 Å². The quantitative estimate of drug-likeness (QED) is 0.256. The summed E-state index contributed by atoms with van der Waals surface area (Å²) < 4.78 is 17.6. The maximum Gasteiger partial charge on any atom is 0.169 e. The zero-order chi connectivity index (χ0) is 27.1. The van der Waals surface area contributed by atoms with Gasteiger partial charge in [-0.3, -0.25) is 0 Å². The molecule has 0 amide bonds. The van der Waals surface area contributed by atoms with Crippen LogP contribution < -0.4 is 19.1 Å². The van der Waals surface area contributed by atoms with E-state index in [-0.39, 0.29) is 6.61 Å². The molecule has 0 saturated carbocycles. The summed E-state index contributed by atoms with van der Waals surface area (Å²) in [5, 5.41) is 12.0. The average Bonchev–Trinajstić information content (AvgIpc) is 2.99. The number of ether oxygens (including phenoxy) is 3. The Labute approximate surface area is 228 Å². The van der Waals surface area contributed by atoms with Gasteiger partial charge in [0.2, 0.25) is 0 Å². The smallest absolute Gasteiger partial charge is 0.169 e. The maximum atomic E-state index is 9.86. The van der Waals surface area contributed by atoms with Gasteiger partial charge in [0, 0.05) is 41.2 Å². The summed E-state index contributed by atoms with van der Waals surface area (Å²) in [5.41, 5.74) is 9.63. The summed E-state index contributed by atoms with van der Waals surface area (Å²) in [6.45, 7) is 0.599. The van der Waals surface area contributed by atoms with Crippen LogP contribution in [-0.2, 0) is 13.2 Å². The normalized spacial score (nSPS) is 12.2. The van der Waals surface area contributed by atoms with Crippen molar-refractivity contribution in [1.29, 1.82) is 0 Å². The Kier molecular flexibility index (Phi) is 6.37. The molecule has 0 fully saturated rings. The predicted molar refractivity (Wildman–Crippen MR) is 158 cm³/mol. The molecular weight excluding hydrogens is 486 g/mol. The molecule has 0 bridgehead atoms. The van der Waals surface area contributed by atoms with E-state index in [1.807, 2.05) is 12.1 Å². The summed E-state index contributed by atoms with van der Waals surface area (Å²) in [5.74, 6) is 2.15. The second kappa shape index (κ2) is 10.0. The van der Waals surface area contributed by atoms with Crippen molar-refractivity contribution in [3.8, 4) is 50.6 Å². The minimum Gasteiger partial charge on any atom is -0.496 e. The lowest BCUT2D eigenvalue weighted by Gasteiger charge is -2.33. The summed E-state index contributed by atoms with van der Waals surface area (Å²) in [7, 11) is 7.13. The number of aliphatic hydroxyl groups is 1. The van der Waals surface area contributed by atoms with Gasteiger partial charge in [0.05, 0.1) is 33.6 Å². The molecule has 1 aliphatic heterocycles. The number of anilines is 1. The first-order valence-electron chi connectivity index (χ1n) is 13.0. The van der Waals surface area contributed by atoms with E-state index in [2.05, 4.69) is 84.7 Å². The molecule has 1 heterocycles. The lowest BCUT2D eigenvalue weighted by atomic mass is 9.86. The van der Waals surface area contributed by atoms with Gasteiger partial charge in [0.25, 0.3) is 0 Å². The van der Waals surface area contributed by atoms with E-state index in [0.717, 1.165) is 61.2 Å². The van der Waals surface area contributed by atoms with Crippen LogP contribution in [0, 0.1) is 0 Å². The van der Waals surface area contributed by atoms with Gasteiger partial charge < -0.3 is 24.2 Å². The molecule has 1 N–H and O–H groups in total. The van der Waals surface area contributed by atoms with Crippen LogP contribution in [0.4, 0.5) is 5.69 Å². The number of fused-ring (bicyclic) bond motifs is 5. The molecule has 0 aliphatic carbocycles. The molecule has 0 aromatic heterocycles. The third-order valence-electron chi connectivity index (χ3n) is 7.70. The van der Waals surface area contributed by atoms with Crippen LogP contribution >= 0.6 is 0 Å². The highest BCUT2D eigenvalue weighted by Gasteiger charge is 2.28. The second-order valence-electron chi connectivity index (χ2n) is 9.79. The molecule has 0 atom stereocenters. The number of benzene rings is 5. The lowest BCUT2D eigenvalue weighted by Crippen LogP contribution is -2.23. The standard InChI is InChI=1S/C34H31NO4/c1-35-19-29-25(15-14-24(20-36)33(29)38-3)27-17-16-26-28(32(27)35)18-30(37-2)34(39-4)31(26)23-12-10-22(11-13-23)21-8-6-5-7-9-21/h5-18,36H,19-20H2,1-4H3. The first kappa shape index (κ1) is 24.8. The van der Waals surface area contributed by atoms with E-state index in [0.29, 0.717) is 18.0 Å². The van der Waals surface area contributed by atoms with Crippen molar-refractivity contribution in [3.63, 3.8) is 0 Å². The maximum absolute atomic E-state index is 9.86. The molecule has 39 heavy (non-hydrogen) atoms. The Balaban J connectivity index is 1.59. The van der Waals surface area contributed by atoms with E-state index in [1.54, 1.807) is 21.3 Å². The predicted octanol–water partition coefficient (Wildman–Crippen LogP) is 7.31. The topological polar surface area (TPSA) is 51.2 Å². The van der Waals surface area contributed by atoms with Crippen molar-refractivity contribution in [3.05, 3.63) is 96.1 Å². The van der Waals surface area contributed by atoms with Crippen LogP contribution in [0.15, 0.2) is 84.9 Å². The van der Waals surface area contributed by atoms with E-state index in [1.165, 1.54) is 5.56 Å². The Hall–Kier alpha value is -4.48. The zero-order valence-corrected chi connectivity index (χ0v) is 22.6. The first-order chi connectivity index (χ1) is 19.1. The van der Waals surface area contributed by atoms with E-state index < -0.39 is 0 Å². The molecule has 0 saturated heterocycles. The van der Waals surface area contributed by atoms with Crippen LogP contribution in [0.3, 0.4) is 0 Å². The number of nitrogens with zero attached hydrogens (tertiary/aromatic N) is 1. The lowest BCUT2D eigenvalue weighted by molar-refractivity contribution is 0.273. The van der Waals surface area contributed by atoms with Crippen molar-refractivity contribution in [2.24, 2.45) is 0 Å². The number of rotatable bonds is 6. The Bertz CT molecular complexity index is 1680. The van der Waals surface area contributed by atoms with Gasteiger partial charge in [0.1, 0.15) is 5.75 Å². The molecule has 0 spiro atoms. The van der Waals surface area contributed by atoms with Gasteiger partial charge in [-0.15, -0.1) is 0 Å². The molecule has 0 radical (unpaired) electrons. The molecule has 5 aromatic carbocycles. The minimum atomic E-state index is -0.0613. The van der Waals surface area contributed by atoms with Gasteiger partial charge >= 0.3 is 0 Å². The van der Waals surface area contributed by atoms with Gasteiger partial charge in [-0.1, -0.05) is 78.9 Å². The molecule has 6 rings (SSSR count). The van der Waals surface area contributed by atoms with Crippen molar-refractivity contribution >= 4 is 16.5 Å². The van der Waals surface area contributed by atoms with Crippen LogP contribution in [-0.4, -0.2) is 33.5 Å². The van der Waals surface area contributed by atoms with Crippen molar-refractivity contribution in [2.75, 3.05) is 33.3 Å². The van der Waals surface area contributed by atoms with Crippen molar-refractivity contribution < 1.29 is 19.3 Å². The van der Waals surface area contributed by atoms with Crippen LogP contribution in [0.5, 0.6) is 17.2 Å². The molecular formula is C34H31NO4. The largest absolute Gasteiger partial charge is 0.496 e. The fraction of sp³-hybridized carbons (Fsp3) is 0.176. The van der Waals surface area contributed by atoms with Gasteiger partial charge in [-0.05, 0) is 33.7 Å². The summed E-state index contributed by atoms with van der Waals surface area (Å²) >= 11 is 0.